The minimum Gasteiger partial charge on any atom is -0.480 e. The van der Waals surface area contributed by atoms with Crippen LogP contribution in [0.5, 0.6) is 5.88 Å². The van der Waals surface area contributed by atoms with E-state index in [1.165, 1.54) is 32.8 Å². The van der Waals surface area contributed by atoms with Gasteiger partial charge in [-0.15, -0.1) is 10.2 Å². The van der Waals surface area contributed by atoms with E-state index < -0.39 is 0 Å². The Morgan fingerprint density at radius 1 is 1.08 bits per heavy atom. The molecule has 1 aromatic rings. The molecule has 2 aliphatic rings. The largest absolute Gasteiger partial charge is 0.480 e. The normalized spacial score (nSPS) is 18.4. The summed E-state index contributed by atoms with van der Waals surface area (Å²) in [6.45, 7) is 2.28. The number of amides is 2. The van der Waals surface area contributed by atoms with Crippen LogP contribution in [0.2, 0.25) is 0 Å². The second kappa shape index (κ2) is 8.27. The van der Waals surface area contributed by atoms with E-state index in [2.05, 4.69) is 10.2 Å². The summed E-state index contributed by atoms with van der Waals surface area (Å²) in [6.07, 6.45) is 6.83. The van der Waals surface area contributed by atoms with Gasteiger partial charge in [0.15, 0.2) is 5.69 Å². The third kappa shape index (κ3) is 4.46. The molecule has 1 saturated carbocycles. The predicted octanol–water partition coefficient (Wildman–Crippen LogP) is 1.74. The molecule has 2 amide bonds. The number of carbonyl (C=O) groups excluding carboxylic acids is 2. The van der Waals surface area contributed by atoms with E-state index in [4.69, 9.17) is 4.74 Å². The fourth-order valence-electron chi connectivity index (χ4n) is 3.65. The fourth-order valence-corrected chi connectivity index (χ4v) is 3.65. The lowest BCUT2D eigenvalue weighted by Gasteiger charge is -2.34. The number of hydrogen-bond donors (Lipinski definition) is 0. The van der Waals surface area contributed by atoms with Crippen molar-refractivity contribution in [2.75, 3.05) is 33.3 Å². The number of hydrogen-bond acceptors (Lipinski definition) is 5. The first-order valence-electron chi connectivity index (χ1n) is 9.12. The van der Waals surface area contributed by atoms with Crippen molar-refractivity contribution in [1.29, 1.82) is 0 Å². The minimum atomic E-state index is -0.145. The molecule has 0 aromatic carbocycles. The van der Waals surface area contributed by atoms with Crippen LogP contribution in [0, 0.1) is 5.92 Å². The molecule has 2 heterocycles. The van der Waals surface area contributed by atoms with E-state index in [-0.39, 0.29) is 11.8 Å². The van der Waals surface area contributed by atoms with E-state index in [1.807, 2.05) is 4.90 Å². The maximum absolute atomic E-state index is 12.5. The molecule has 0 spiro atoms. The maximum Gasteiger partial charge on any atom is 0.274 e. The predicted molar refractivity (Wildman–Crippen MR) is 92.3 cm³/mol. The van der Waals surface area contributed by atoms with Gasteiger partial charge in [0, 0.05) is 38.7 Å². The number of piperazine rings is 1. The summed E-state index contributed by atoms with van der Waals surface area (Å²) in [5.74, 6) is 1.20. The summed E-state index contributed by atoms with van der Waals surface area (Å²) < 4.78 is 4.95. The lowest BCUT2D eigenvalue weighted by atomic mass is 10.0. The Labute approximate surface area is 148 Å². The van der Waals surface area contributed by atoms with Gasteiger partial charge in [0.1, 0.15) is 0 Å². The lowest BCUT2D eigenvalue weighted by molar-refractivity contribution is -0.133. The standard InChI is InChI=1S/C18H26N4O3/c1-25-16-8-7-15(19-20-16)18(24)22-12-10-21(11-13-22)17(23)9-6-14-4-2-3-5-14/h7-8,14H,2-6,9-13H2,1H3. The molecule has 1 saturated heterocycles. The molecule has 7 nitrogen and oxygen atoms in total. The maximum atomic E-state index is 12.5. The molecule has 1 aromatic heterocycles. The van der Waals surface area contributed by atoms with Gasteiger partial charge >= 0.3 is 0 Å². The van der Waals surface area contributed by atoms with Gasteiger partial charge in [-0.1, -0.05) is 25.7 Å². The summed E-state index contributed by atoms with van der Waals surface area (Å²) in [4.78, 5) is 28.4. The molecule has 0 unspecified atom stereocenters. The molecule has 0 atom stereocenters. The highest BCUT2D eigenvalue weighted by atomic mass is 16.5. The first-order chi connectivity index (χ1) is 12.2. The molecule has 7 heteroatoms. The summed E-state index contributed by atoms with van der Waals surface area (Å²) in [7, 11) is 1.51. The first kappa shape index (κ1) is 17.6. The Kier molecular flexibility index (Phi) is 5.83. The third-order valence-corrected chi connectivity index (χ3v) is 5.23. The first-order valence-corrected chi connectivity index (χ1v) is 9.12. The van der Waals surface area contributed by atoms with E-state index in [0.29, 0.717) is 44.2 Å². The lowest BCUT2D eigenvalue weighted by Crippen LogP contribution is -2.50. The zero-order chi connectivity index (χ0) is 17.6. The van der Waals surface area contributed by atoms with E-state index in [1.54, 1.807) is 17.0 Å². The monoisotopic (exact) mass is 346 g/mol. The summed E-state index contributed by atoms with van der Waals surface area (Å²) in [5.41, 5.74) is 0.307. The molecule has 0 radical (unpaired) electrons. The number of methoxy groups -OCH3 is 1. The average molecular weight is 346 g/mol. The summed E-state index contributed by atoms with van der Waals surface area (Å²) in [5, 5.41) is 7.74. The second-order valence-electron chi connectivity index (χ2n) is 6.82. The Morgan fingerprint density at radius 2 is 1.76 bits per heavy atom. The molecule has 1 aliphatic heterocycles. The Balaban J connectivity index is 1.45. The van der Waals surface area contributed by atoms with E-state index in [9.17, 15) is 9.59 Å². The van der Waals surface area contributed by atoms with Crippen molar-refractivity contribution in [2.45, 2.75) is 38.5 Å². The smallest absolute Gasteiger partial charge is 0.274 e. The van der Waals surface area contributed by atoms with Crippen molar-refractivity contribution in [3.63, 3.8) is 0 Å². The van der Waals surface area contributed by atoms with Gasteiger partial charge < -0.3 is 14.5 Å². The average Bonchev–Trinajstić information content (AvgIpc) is 3.19. The number of aromatic nitrogens is 2. The third-order valence-electron chi connectivity index (χ3n) is 5.23. The fraction of sp³-hybridized carbons (Fsp3) is 0.667. The molecular weight excluding hydrogens is 320 g/mol. The zero-order valence-electron chi connectivity index (χ0n) is 14.8. The number of nitrogens with zero attached hydrogens (tertiary/aromatic N) is 4. The van der Waals surface area contributed by atoms with Gasteiger partial charge in [-0.05, 0) is 18.4 Å². The summed E-state index contributed by atoms with van der Waals surface area (Å²) >= 11 is 0. The number of ether oxygens (including phenoxy) is 1. The van der Waals surface area contributed by atoms with Crippen molar-refractivity contribution in [1.82, 2.24) is 20.0 Å². The highest BCUT2D eigenvalue weighted by molar-refractivity contribution is 5.92. The van der Waals surface area contributed by atoms with Crippen molar-refractivity contribution in [2.24, 2.45) is 5.92 Å². The molecule has 0 N–H and O–H groups in total. The molecule has 136 valence electrons. The highest BCUT2D eigenvalue weighted by Gasteiger charge is 2.26. The molecule has 2 fully saturated rings. The van der Waals surface area contributed by atoms with Crippen LogP contribution in [0.4, 0.5) is 0 Å². The van der Waals surface area contributed by atoms with Crippen molar-refractivity contribution in [3.05, 3.63) is 17.8 Å². The van der Waals surface area contributed by atoms with Crippen molar-refractivity contribution < 1.29 is 14.3 Å². The van der Waals surface area contributed by atoms with Crippen LogP contribution in [0.1, 0.15) is 49.0 Å². The van der Waals surface area contributed by atoms with Crippen molar-refractivity contribution in [3.8, 4) is 5.88 Å². The van der Waals surface area contributed by atoms with Gasteiger partial charge in [0.25, 0.3) is 5.91 Å². The van der Waals surface area contributed by atoms with E-state index in [0.717, 1.165) is 12.3 Å². The topological polar surface area (TPSA) is 75.6 Å². The van der Waals surface area contributed by atoms with Crippen LogP contribution in [-0.2, 0) is 4.79 Å². The van der Waals surface area contributed by atoms with Crippen LogP contribution >= 0.6 is 0 Å². The van der Waals surface area contributed by atoms with Gasteiger partial charge in [0.2, 0.25) is 11.8 Å². The number of carbonyl (C=O) groups is 2. The van der Waals surface area contributed by atoms with Crippen LogP contribution in [0.15, 0.2) is 12.1 Å². The molecule has 3 rings (SSSR count). The van der Waals surface area contributed by atoms with Gasteiger partial charge in [0.05, 0.1) is 7.11 Å². The zero-order valence-corrected chi connectivity index (χ0v) is 14.8. The van der Waals surface area contributed by atoms with Gasteiger partial charge in [-0.25, -0.2) is 0 Å². The highest BCUT2D eigenvalue weighted by Crippen LogP contribution is 2.28. The Morgan fingerprint density at radius 3 is 2.36 bits per heavy atom. The van der Waals surface area contributed by atoms with E-state index >= 15 is 0 Å². The molecule has 25 heavy (non-hydrogen) atoms. The van der Waals surface area contributed by atoms with Crippen LogP contribution in [0.3, 0.4) is 0 Å². The molecular formula is C18H26N4O3. The summed E-state index contributed by atoms with van der Waals surface area (Å²) in [6, 6.07) is 3.25. The van der Waals surface area contributed by atoms with Crippen molar-refractivity contribution >= 4 is 11.8 Å². The Bertz CT molecular complexity index is 591. The second-order valence-corrected chi connectivity index (χ2v) is 6.82. The van der Waals surface area contributed by atoms with Gasteiger partial charge in [-0.3, -0.25) is 9.59 Å². The van der Waals surface area contributed by atoms with Gasteiger partial charge in [-0.2, -0.15) is 0 Å². The molecule has 1 aliphatic carbocycles. The van der Waals surface area contributed by atoms with Crippen LogP contribution in [0.25, 0.3) is 0 Å². The number of rotatable bonds is 5. The SMILES string of the molecule is COc1ccc(C(=O)N2CCN(C(=O)CCC3CCCC3)CC2)nn1. The minimum absolute atomic E-state index is 0.145. The molecule has 0 bridgehead atoms. The van der Waals surface area contributed by atoms with Crippen LogP contribution < -0.4 is 4.74 Å². The van der Waals surface area contributed by atoms with Crippen LogP contribution in [-0.4, -0.2) is 65.1 Å². The Hall–Kier alpha value is -2.18. The quantitative estimate of drug-likeness (QED) is 0.812.